The number of hydrogen-bond donors (Lipinski definition) is 1. The molecule has 1 fully saturated rings. The van der Waals surface area contributed by atoms with Crippen LogP contribution in [0, 0.1) is 0 Å². The number of hydrogen-bond acceptors (Lipinski definition) is 6. The van der Waals surface area contributed by atoms with Crippen LogP contribution in [0.4, 0.5) is 4.79 Å². The lowest BCUT2D eigenvalue weighted by Crippen LogP contribution is -2.50. The van der Waals surface area contributed by atoms with Gasteiger partial charge in [-0.25, -0.2) is 9.78 Å². The summed E-state index contributed by atoms with van der Waals surface area (Å²) in [4.78, 5) is 20.3. The van der Waals surface area contributed by atoms with Crippen molar-refractivity contribution in [3.63, 3.8) is 0 Å². The Morgan fingerprint density at radius 3 is 2.39 bits per heavy atom. The Bertz CT molecular complexity index is 1230. The largest absolute Gasteiger partial charge is 0.481 e. The molecule has 1 aliphatic heterocycles. The molecule has 0 radical (unpaired) electrons. The minimum Gasteiger partial charge on any atom is -0.481 e. The van der Waals surface area contributed by atoms with E-state index in [4.69, 9.17) is 14.5 Å². The lowest BCUT2D eigenvalue weighted by atomic mass is 9.72. The highest BCUT2D eigenvalue weighted by Crippen LogP contribution is 2.45. The molecule has 1 aliphatic rings. The number of likely N-dealkylation sites (tertiary alicyclic amines) is 1. The highest BCUT2D eigenvalue weighted by Gasteiger charge is 2.44. The molecule has 1 N–H and O–H groups in total. The third kappa shape index (κ3) is 5.82. The maximum Gasteiger partial charge on any atom is 0.410 e. The fourth-order valence-corrected chi connectivity index (χ4v) is 5.57. The molecule has 1 atom stereocenters. The van der Waals surface area contributed by atoms with Crippen molar-refractivity contribution >= 4 is 44.7 Å². The van der Waals surface area contributed by atoms with Crippen LogP contribution in [0.25, 0.3) is 10.9 Å². The molecule has 2 aromatic carbocycles. The summed E-state index contributed by atoms with van der Waals surface area (Å²) in [5, 5.41) is 13.1. The predicted octanol–water partition coefficient (Wildman–Crippen LogP) is 6.62. The summed E-state index contributed by atoms with van der Waals surface area (Å²) in [6.07, 6.45) is 2.50. The van der Waals surface area contributed by atoms with Gasteiger partial charge in [0.15, 0.2) is 0 Å². The standard InChI is InChI=1S/C28H33BrN2O4S/c1-27(2,3)35-26(32)31-14-12-28(33,13-15-31)24(18-6-9-21(36-5)10-7-18)22-17-19-16-20(29)8-11-23(19)30-25(22)34-4/h6-11,16-17,24,33H,12-15H2,1-5H3. The summed E-state index contributed by atoms with van der Waals surface area (Å²) in [5.41, 5.74) is 0.962. The fraction of sp³-hybridized carbons (Fsp3) is 0.429. The van der Waals surface area contributed by atoms with Crippen LogP contribution < -0.4 is 4.74 Å². The van der Waals surface area contributed by atoms with Crippen molar-refractivity contribution in [1.82, 2.24) is 9.88 Å². The molecular weight excluding hydrogens is 540 g/mol. The Labute approximate surface area is 225 Å². The van der Waals surface area contributed by atoms with E-state index in [1.165, 1.54) is 0 Å². The summed E-state index contributed by atoms with van der Waals surface area (Å²) >= 11 is 5.23. The summed E-state index contributed by atoms with van der Waals surface area (Å²) < 4.78 is 12.3. The van der Waals surface area contributed by atoms with E-state index in [9.17, 15) is 9.90 Å². The lowest BCUT2D eigenvalue weighted by Gasteiger charge is -2.43. The Hall–Kier alpha value is -2.29. The van der Waals surface area contributed by atoms with Gasteiger partial charge in [-0.3, -0.25) is 0 Å². The third-order valence-corrected chi connectivity index (χ3v) is 7.78. The second kappa shape index (κ2) is 10.6. The van der Waals surface area contributed by atoms with Crippen molar-refractivity contribution in [3.8, 4) is 5.88 Å². The van der Waals surface area contributed by atoms with Crippen LogP contribution in [0.5, 0.6) is 5.88 Å². The van der Waals surface area contributed by atoms with Gasteiger partial charge in [0.25, 0.3) is 0 Å². The van der Waals surface area contributed by atoms with Crippen molar-refractivity contribution in [2.45, 2.75) is 55.6 Å². The topological polar surface area (TPSA) is 71.9 Å². The number of halogens is 1. The van der Waals surface area contributed by atoms with Gasteiger partial charge in [-0.15, -0.1) is 11.8 Å². The van der Waals surface area contributed by atoms with E-state index >= 15 is 0 Å². The van der Waals surface area contributed by atoms with Crippen LogP contribution >= 0.6 is 27.7 Å². The normalized spacial score (nSPS) is 16.6. The number of rotatable bonds is 5. The Balaban J connectivity index is 1.76. The molecule has 3 aromatic rings. The molecule has 1 amide bonds. The van der Waals surface area contributed by atoms with Crippen LogP contribution in [0.2, 0.25) is 0 Å². The monoisotopic (exact) mass is 572 g/mol. The zero-order valence-corrected chi connectivity index (χ0v) is 23.8. The number of piperidine rings is 1. The van der Waals surface area contributed by atoms with Gasteiger partial charge in [-0.1, -0.05) is 28.1 Å². The summed E-state index contributed by atoms with van der Waals surface area (Å²) in [6, 6.07) is 16.3. The first kappa shape index (κ1) is 26.8. The van der Waals surface area contributed by atoms with Crippen molar-refractivity contribution < 1.29 is 19.4 Å². The van der Waals surface area contributed by atoms with E-state index in [0.29, 0.717) is 31.8 Å². The number of aromatic nitrogens is 1. The van der Waals surface area contributed by atoms with Gasteiger partial charge in [-0.05, 0) is 81.8 Å². The average Bonchev–Trinajstić information content (AvgIpc) is 2.83. The van der Waals surface area contributed by atoms with E-state index in [0.717, 1.165) is 31.4 Å². The van der Waals surface area contributed by atoms with E-state index < -0.39 is 11.2 Å². The number of pyridine rings is 1. The van der Waals surface area contributed by atoms with Crippen LogP contribution in [0.1, 0.15) is 50.7 Å². The van der Waals surface area contributed by atoms with Gasteiger partial charge >= 0.3 is 6.09 Å². The van der Waals surface area contributed by atoms with Crippen LogP contribution in [-0.4, -0.2) is 58.7 Å². The predicted molar refractivity (Wildman–Crippen MR) is 148 cm³/mol. The Morgan fingerprint density at radius 2 is 1.81 bits per heavy atom. The van der Waals surface area contributed by atoms with Gasteiger partial charge in [0, 0.05) is 39.3 Å². The first-order valence-corrected chi connectivity index (χ1v) is 14.0. The van der Waals surface area contributed by atoms with Gasteiger partial charge in [0.05, 0.1) is 18.2 Å². The molecule has 6 nitrogen and oxygen atoms in total. The average molecular weight is 574 g/mol. The van der Waals surface area contributed by atoms with Crippen molar-refractivity contribution in [3.05, 3.63) is 64.1 Å². The second-order valence-corrected chi connectivity index (χ2v) is 12.0. The van der Waals surface area contributed by atoms with Gasteiger partial charge in [0.1, 0.15) is 5.60 Å². The number of thioether (sulfide) groups is 1. The number of ether oxygens (including phenoxy) is 2. The molecule has 4 rings (SSSR count). The fourth-order valence-electron chi connectivity index (χ4n) is 4.78. The number of carbonyl (C=O) groups is 1. The molecular formula is C28H33BrN2O4S. The quantitative estimate of drug-likeness (QED) is 0.346. The molecule has 8 heteroatoms. The van der Waals surface area contributed by atoms with Gasteiger partial charge in [-0.2, -0.15) is 0 Å². The third-order valence-electron chi connectivity index (χ3n) is 6.54. The summed E-state index contributed by atoms with van der Waals surface area (Å²) in [6.45, 7) is 6.38. The molecule has 2 heterocycles. The number of aliphatic hydroxyl groups is 1. The molecule has 0 bridgehead atoms. The first-order valence-electron chi connectivity index (χ1n) is 12.0. The molecule has 1 saturated heterocycles. The van der Waals surface area contributed by atoms with Crippen molar-refractivity contribution in [1.29, 1.82) is 0 Å². The summed E-state index contributed by atoms with van der Waals surface area (Å²) in [7, 11) is 1.61. The highest BCUT2D eigenvalue weighted by atomic mass is 79.9. The lowest BCUT2D eigenvalue weighted by molar-refractivity contribution is -0.0416. The van der Waals surface area contributed by atoms with Crippen molar-refractivity contribution in [2.75, 3.05) is 26.5 Å². The van der Waals surface area contributed by atoms with Crippen LogP contribution in [0.3, 0.4) is 0 Å². The number of methoxy groups -OCH3 is 1. The Kier molecular flexibility index (Phi) is 7.88. The molecule has 1 aromatic heterocycles. The minimum absolute atomic E-state index is 0.347. The molecule has 192 valence electrons. The van der Waals surface area contributed by atoms with E-state index in [-0.39, 0.29) is 12.0 Å². The number of carbonyl (C=O) groups excluding carboxylic acids is 1. The number of fused-ring (bicyclic) bond motifs is 1. The SMILES string of the molecule is COc1nc2ccc(Br)cc2cc1C(c1ccc(SC)cc1)C1(O)CCN(C(=O)OC(C)(C)C)CC1. The molecule has 0 saturated carbocycles. The van der Waals surface area contributed by atoms with E-state index in [2.05, 4.69) is 46.3 Å². The van der Waals surface area contributed by atoms with E-state index in [1.54, 1.807) is 23.8 Å². The number of amides is 1. The Morgan fingerprint density at radius 1 is 1.14 bits per heavy atom. The zero-order chi connectivity index (χ0) is 26.1. The second-order valence-electron chi connectivity index (χ2n) is 10.2. The molecule has 1 unspecified atom stereocenters. The maximum absolute atomic E-state index is 12.7. The van der Waals surface area contributed by atoms with Gasteiger partial charge < -0.3 is 19.5 Å². The molecule has 36 heavy (non-hydrogen) atoms. The van der Waals surface area contributed by atoms with E-state index in [1.807, 2.05) is 45.2 Å². The molecule has 0 aliphatic carbocycles. The smallest absolute Gasteiger partial charge is 0.410 e. The van der Waals surface area contributed by atoms with Gasteiger partial charge in [0.2, 0.25) is 5.88 Å². The summed E-state index contributed by atoms with van der Waals surface area (Å²) in [5.74, 6) is 0.104. The van der Waals surface area contributed by atoms with Crippen LogP contribution in [-0.2, 0) is 4.74 Å². The first-order chi connectivity index (χ1) is 17.0. The maximum atomic E-state index is 12.7. The minimum atomic E-state index is -1.10. The number of nitrogens with zero attached hydrogens (tertiary/aromatic N) is 2. The molecule has 0 spiro atoms. The van der Waals surface area contributed by atoms with Crippen molar-refractivity contribution in [2.24, 2.45) is 0 Å². The highest BCUT2D eigenvalue weighted by molar-refractivity contribution is 9.10. The van der Waals surface area contributed by atoms with Crippen LogP contribution in [0.15, 0.2) is 57.9 Å². The number of benzene rings is 2. The zero-order valence-electron chi connectivity index (χ0n) is 21.4.